The highest BCUT2D eigenvalue weighted by atomic mass is 35.5. The van der Waals surface area contributed by atoms with Crippen molar-refractivity contribution < 1.29 is 4.74 Å². The fraction of sp³-hybridized carbons (Fsp3) is 0.294. The highest BCUT2D eigenvalue weighted by Gasteiger charge is 2.05. The van der Waals surface area contributed by atoms with E-state index >= 15 is 0 Å². The highest BCUT2D eigenvalue weighted by Crippen LogP contribution is 2.27. The molecule has 0 spiro atoms. The lowest BCUT2D eigenvalue weighted by molar-refractivity contribution is 0.415. The number of hydrogen-bond acceptors (Lipinski definition) is 2. The van der Waals surface area contributed by atoms with Gasteiger partial charge >= 0.3 is 0 Å². The van der Waals surface area contributed by atoms with E-state index in [0.717, 1.165) is 34.0 Å². The maximum Gasteiger partial charge on any atom is 0.118 e. The third-order valence-corrected chi connectivity index (χ3v) is 3.53. The fourth-order valence-corrected chi connectivity index (χ4v) is 2.22. The first-order valence-electron chi connectivity index (χ1n) is 6.76. The van der Waals surface area contributed by atoms with Crippen LogP contribution in [0.5, 0.6) is 5.75 Å². The Labute approximate surface area is 125 Å². The van der Waals surface area contributed by atoms with Crippen molar-refractivity contribution in [2.24, 2.45) is 0 Å². The smallest absolute Gasteiger partial charge is 0.118 e. The first kappa shape index (κ1) is 14.9. The number of hydrogen-bond donors (Lipinski definition) is 1. The van der Waals surface area contributed by atoms with Gasteiger partial charge in [0, 0.05) is 17.6 Å². The molecular weight excluding hydrogens is 270 g/mol. The monoisotopic (exact) mass is 289 g/mol. The predicted molar refractivity (Wildman–Crippen MR) is 85.4 cm³/mol. The Morgan fingerprint density at radius 1 is 1.05 bits per heavy atom. The maximum absolute atomic E-state index is 6.36. The summed E-state index contributed by atoms with van der Waals surface area (Å²) in [5, 5.41) is 4.17. The van der Waals surface area contributed by atoms with Crippen molar-refractivity contribution >= 4 is 11.6 Å². The third-order valence-electron chi connectivity index (χ3n) is 3.18. The molecule has 0 unspecified atom stereocenters. The average Bonchev–Trinajstić information content (AvgIpc) is 2.46. The topological polar surface area (TPSA) is 21.3 Å². The van der Waals surface area contributed by atoms with E-state index in [1.807, 2.05) is 30.3 Å². The Bertz CT molecular complexity index is 564. The molecule has 2 aromatic rings. The molecule has 0 fully saturated rings. The Morgan fingerprint density at radius 3 is 2.25 bits per heavy atom. The molecule has 0 bridgehead atoms. The summed E-state index contributed by atoms with van der Waals surface area (Å²) >= 11 is 6.36. The first-order chi connectivity index (χ1) is 9.60. The summed E-state index contributed by atoms with van der Waals surface area (Å²) in [6, 6.07) is 14.6. The molecule has 0 amide bonds. The van der Waals surface area contributed by atoms with Crippen molar-refractivity contribution in [3.05, 3.63) is 53.1 Å². The standard InChI is InChI=1S/C17H20ClNO/c1-12(2)19-11-15-5-4-14(10-17(15)18)13-6-8-16(20-3)9-7-13/h4-10,12,19H,11H2,1-3H3. The van der Waals surface area contributed by atoms with Gasteiger partial charge in [0.1, 0.15) is 5.75 Å². The molecule has 0 heterocycles. The maximum atomic E-state index is 6.36. The Balaban J connectivity index is 2.19. The molecule has 106 valence electrons. The van der Waals surface area contributed by atoms with E-state index in [4.69, 9.17) is 16.3 Å². The fourth-order valence-electron chi connectivity index (χ4n) is 1.97. The van der Waals surface area contributed by atoms with Gasteiger partial charge < -0.3 is 10.1 Å². The molecule has 2 rings (SSSR count). The molecule has 0 aliphatic heterocycles. The molecule has 0 saturated heterocycles. The van der Waals surface area contributed by atoms with Gasteiger partial charge in [0.15, 0.2) is 0 Å². The first-order valence-corrected chi connectivity index (χ1v) is 7.14. The molecule has 0 aromatic heterocycles. The van der Waals surface area contributed by atoms with Gasteiger partial charge in [-0.05, 0) is 34.9 Å². The minimum absolute atomic E-state index is 0.451. The van der Waals surface area contributed by atoms with Crippen molar-refractivity contribution in [2.45, 2.75) is 26.4 Å². The highest BCUT2D eigenvalue weighted by molar-refractivity contribution is 6.31. The molecule has 20 heavy (non-hydrogen) atoms. The van der Waals surface area contributed by atoms with Gasteiger partial charge in [-0.1, -0.05) is 49.7 Å². The quantitative estimate of drug-likeness (QED) is 0.874. The second-order valence-corrected chi connectivity index (χ2v) is 5.48. The van der Waals surface area contributed by atoms with Gasteiger partial charge in [-0.2, -0.15) is 0 Å². The zero-order valence-corrected chi connectivity index (χ0v) is 12.9. The Morgan fingerprint density at radius 2 is 1.70 bits per heavy atom. The molecule has 0 atom stereocenters. The zero-order chi connectivity index (χ0) is 14.5. The lowest BCUT2D eigenvalue weighted by Gasteiger charge is -2.11. The molecule has 0 aliphatic rings. The summed E-state index contributed by atoms with van der Waals surface area (Å²) in [4.78, 5) is 0. The van der Waals surface area contributed by atoms with Gasteiger partial charge in [0.25, 0.3) is 0 Å². The number of methoxy groups -OCH3 is 1. The van der Waals surface area contributed by atoms with Crippen LogP contribution in [-0.2, 0) is 6.54 Å². The van der Waals surface area contributed by atoms with Crippen LogP contribution in [0.3, 0.4) is 0 Å². The van der Waals surface area contributed by atoms with Crippen LogP contribution < -0.4 is 10.1 Å². The summed E-state index contributed by atoms with van der Waals surface area (Å²) in [6.45, 7) is 5.04. The third kappa shape index (κ3) is 3.75. The van der Waals surface area contributed by atoms with Crippen LogP contribution in [0.1, 0.15) is 19.4 Å². The van der Waals surface area contributed by atoms with Crippen LogP contribution in [-0.4, -0.2) is 13.2 Å². The van der Waals surface area contributed by atoms with E-state index in [-0.39, 0.29) is 0 Å². The van der Waals surface area contributed by atoms with Crippen molar-refractivity contribution in [1.82, 2.24) is 5.32 Å². The van der Waals surface area contributed by atoms with Gasteiger partial charge in [0.05, 0.1) is 7.11 Å². The second kappa shape index (κ2) is 6.78. The van der Waals surface area contributed by atoms with Crippen LogP contribution >= 0.6 is 11.6 Å². The van der Waals surface area contributed by atoms with Gasteiger partial charge in [0.2, 0.25) is 0 Å². The average molecular weight is 290 g/mol. The molecule has 0 radical (unpaired) electrons. The molecule has 2 aromatic carbocycles. The number of ether oxygens (including phenoxy) is 1. The van der Waals surface area contributed by atoms with Gasteiger partial charge in [-0.3, -0.25) is 0 Å². The van der Waals surface area contributed by atoms with E-state index in [2.05, 4.69) is 31.3 Å². The van der Waals surface area contributed by atoms with Gasteiger partial charge in [-0.15, -0.1) is 0 Å². The summed E-state index contributed by atoms with van der Waals surface area (Å²) in [7, 11) is 1.67. The SMILES string of the molecule is COc1ccc(-c2ccc(CNC(C)C)c(Cl)c2)cc1. The van der Waals surface area contributed by atoms with Crippen LogP contribution in [0.25, 0.3) is 11.1 Å². The van der Waals surface area contributed by atoms with Gasteiger partial charge in [-0.25, -0.2) is 0 Å². The van der Waals surface area contributed by atoms with E-state index < -0.39 is 0 Å². The van der Waals surface area contributed by atoms with Crippen molar-refractivity contribution in [3.8, 4) is 16.9 Å². The normalized spacial score (nSPS) is 10.8. The number of nitrogens with one attached hydrogen (secondary N) is 1. The molecule has 3 heteroatoms. The van der Waals surface area contributed by atoms with Crippen molar-refractivity contribution in [2.75, 3.05) is 7.11 Å². The van der Waals surface area contributed by atoms with E-state index in [1.165, 1.54) is 0 Å². The van der Waals surface area contributed by atoms with E-state index in [0.29, 0.717) is 6.04 Å². The van der Waals surface area contributed by atoms with Crippen molar-refractivity contribution in [3.63, 3.8) is 0 Å². The largest absolute Gasteiger partial charge is 0.497 e. The molecule has 2 nitrogen and oxygen atoms in total. The predicted octanol–water partition coefficient (Wildman–Crippen LogP) is 4.51. The summed E-state index contributed by atoms with van der Waals surface area (Å²) in [5.41, 5.74) is 3.37. The summed E-state index contributed by atoms with van der Waals surface area (Å²) < 4.78 is 5.17. The zero-order valence-electron chi connectivity index (χ0n) is 12.1. The minimum Gasteiger partial charge on any atom is -0.497 e. The number of halogens is 1. The molecular formula is C17H20ClNO. The van der Waals surface area contributed by atoms with Crippen LogP contribution in [0.4, 0.5) is 0 Å². The second-order valence-electron chi connectivity index (χ2n) is 5.07. The molecule has 0 aliphatic carbocycles. The van der Waals surface area contributed by atoms with E-state index in [9.17, 15) is 0 Å². The number of benzene rings is 2. The lowest BCUT2D eigenvalue weighted by Crippen LogP contribution is -2.21. The Kier molecular flexibility index (Phi) is 5.05. The van der Waals surface area contributed by atoms with Crippen molar-refractivity contribution in [1.29, 1.82) is 0 Å². The lowest BCUT2D eigenvalue weighted by atomic mass is 10.0. The molecule has 0 saturated carbocycles. The van der Waals surface area contributed by atoms with E-state index in [1.54, 1.807) is 7.11 Å². The summed E-state index contributed by atoms with van der Waals surface area (Å²) in [5.74, 6) is 0.859. The van der Waals surface area contributed by atoms with Crippen LogP contribution in [0.15, 0.2) is 42.5 Å². The Hall–Kier alpha value is -1.51. The summed E-state index contributed by atoms with van der Waals surface area (Å²) in [6.07, 6.45) is 0. The van der Waals surface area contributed by atoms with Crippen LogP contribution in [0, 0.1) is 0 Å². The minimum atomic E-state index is 0.451. The number of rotatable bonds is 5. The molecule has 1 N–H and O–H groups in total. The van der Waals surface area contributed by atoms with Crippen LogP contribution in [0.2, 0.25) is 5.02 Å².